The summed E-state index contributed by atoms with van der Waals surface area (Å²) in [6.45, 7) is 3.64. The van der Waals surface area contributed by atoms with Crippen molar-refractivity contribution in [2.75, 3.05) is 10.6 Å². The van der Waals surface area contributed by atoms with Crippen LogP contribution in [0.25, 0.3) is 21.8 Å². The summed E-state index contributed by atoms with van der Waals surface area (Å²) in [5.74, 6) is -0.204. The van der Waals surface area contributed by atoms with Crippen LogP contribution in [0.1, 0.15) is 33.5 Å². The predicted octanol–water partition coefficient (Wildman–Crippen LogP) is 6.26. The first-order valence-electron chi connectivity index (χ1n) is 18.0. The van der Waals surface area contributed by atoms with E-state index < -0.39 is 20.2 Å². The molecule has 2 heterocycles. The minimum atomic E-state index is -4.27. The van der Waals surface area contributed by atoms with Gasteiger partial charge >= 0.3 is 0 Å². The monoisotopic (exact) mass is 818 g/mol. The number of aromatic nitrogens is 2. The number of fused-ring (bicyclic) bond motifs is 2. The van der Waals surface area contributed by atoms with Gasteiger partial charge in [0.25, 0.3) is 5.91 Å². The van der Waals surface area contributed by atoms with E-state index in [1.54, 1.807) is 36.4 Å². The van der Waals surface area contributed by atoms with Gasteiger partial charge in [-0.2, -0.15) is 0 Å². The van der Waals surface area contributed by atoms with Crippen molar-refractivity contribution in [3.8, 4) is 0 Å². The predicted molar refractivity (Wildman–Crippen MR) is 220 cm³/mol. The maximum Gasteiger partial charge on any atom is 0.255 e. The van der Waals surface area contributed by atoms with Crippen LogP contribution in [-0.4, -0.2) is 37.8 Å². The zero-order chi connectivity index (χ0) is 42.0. The number of benzene rings is 5. The number of aryl methyl sites for hydroxylation is 5. The second-order valence-corrected chi connectivity index (χ2v) is 16.3. The molecule has 12 nitrogen and oxygen atoms in total. The third-order valence-corrected chi connectivity index (χ3v) is 10.7. The van der Waals surface area contributed by atoms with Gasteiger partial charge < -0.3 is 19.7 Å². The fourth-order valence-electron chi connectivity index (χ4n) is 5.80. The Bertz CT molecular complexity index is 2720. The number of rotatable bonds is 8. The van der Waals surface area contributed by atoms with Crippen molar-refractivity contribution >= 4 is 65.2 Å². The largest absolute Gasteiger partial charge is 0.744 e. The number of anilines is 2. The number of amides is 2. The summed E-state index contributed by atoms with van der Waals surface area (Å²) in [6, 6.07) is 38.8. The van der Waals surface area contributed by atoms with Gasteiger partial charge in [-0.25, -0.2) is 26.0 Å². The number of hydrogen-bond acceptors (Lipinski definition) is 8. The zero-order valence-electron chi connectivity index (χ0n) is 32.2. The maximum absolute atomic E-state index is 12.7. The molecule has 0 bridgehead atoms. The Morgan fingerprint density at radius 1 is 0.569 bits per heavy atom. The van der Waals surface area contributed by atoms with E-state index in [2.05, 4.69) is 10.6 Å². The highest BCUT2D eigenvalue weighted by molar-refractivity contribution is 7.86. The van der Waals surface area contributed by atoms with Crippen LogP contribution >= 0.6 is 0 Å². The molecule has 2 aromatic heterocycles. The standard InChI is InChI=1S/C30H26N4O2.2C7H8O3S/c1-33-17-3-5-23-19-25(12-14-27(23)33)31-29(35)16-9-21-7-10-22(11-8-21)30(36)32-26-13-15-28-24(20-26)6-4-18-34(28)2;2*1-6-2-4-7(5-3-6)11(8,9)10/h3-8,10-15,17-20H,9,16H2,1-2H3;2*2-5H,1H3,(H,8,9,10). The van der Waals surface area contributed by atoms with Crippen molar-refractivity contribution in [1.29, 1.82) is 0 Å². The molecule has 2 amide bonds. The first kappa shape index (κ1) is 42.8. The highest BCUT2D eigenvalue weighted by atomic mass is 32.2. The molecular weight excluding hydrogens is 777 g/mol. The van der Waals surface area contributed by atoms with Gasteiger partial charge in [-0.3, -0.25) is 9.59 Å². The molecule has 0 atom stereocenters. The van der Waals surface area contributed by atoms with Gasteiger partial charge in [-0.15, -0.1) is 0 Å². The van der Waals surface area contributed by atoms with Crippen molar-refractivity contribution in [3.05, 3.63) is 168 Å². The number of nitrogens with one attached hydrogen (secondary N) is 2. The lowest BCUT2D eigenvalue weighted by Crippen LogP contribution is -2.27. The Kier molecular flexibility index (Phi) is 13.8. The minimum absolute atomic E-state index is 0.0406. The van der Waals surface area contributed by atoms with Gasteiger partial charge in [0, 0.05) is 58.4 Å². The Morgan fingerprint density at radius 3 is 1.43 bits per heavy atom. The molecular formula is C44H42N4O8S2. The van der Waals surface area contributed by atoms with E-state index >= 15 is 0 Å². The van der Waals surface area contributed by atoms with Crippen LogP contribution in [0.2, 0.25) is 0 Å². The quantitative estimate of drug-likeness (QED) is 0.133. The van der Waals surface area contributed by atoms with E-state index in [0.29, 0.717) is 18.4 Å². The number of hydrogen-bond donors (Lipinski definition) is 2. The van der Waals surface area contributed by atoms with E-state index in [0.717, 1.165) is 49.9 Å². The second-order valence-electron chi connectivity index (χ2n) is 13.5. The van der Waals surface area contributed by atoms with E-state index in [-0.39, 0.29) is 21.6 Å². The lowest BCUT2D eigenvalue weighted by molar-refractivity contribution is -0.645. The van der Waals surface area contributed by atoms with Crippen molar-refractivity contribution in [2.24, 2.45) is 14.1 Å². The van der Waals surface area contributed by atoms with Crippen molar-refractivity contribution < 1.29 is 44.7 Å². The first-order valence-corrected chi connectivity index (χ1v) is 20.8. The molecule has 7 rings (SSSR count). The van der Waals surface area contributed by atoms with Crippen LogP contribution in [-0.2, 0) is 45.5 Å². The number of carbonyl (C=O) groups excluding carboxylic acids is 2. The maximum atomic E-state index is 12.7. The Labute approximate surface area is 337 Å². The summed E-state index contributed by atoms with van der Waals surface area (Å²) in [5, 5.41) is 8.08. The highest BCUT2D eigenvalue weighted by Gasteiger charge is 2.11. The zero-order valence-corrected chi connectivity index (χ0v) is 33.9. The first-order chi connectivity index (χ1) is 27.5. The fourth-order valence-corrected chi connectivity index (χ4v) is 6.74. The van der Waals surface area contributed by atoms with Crippen LogP contribution in [0.15, 0.2) is 156 Å². The Balaban J connectivity index is 0.000000236. The smallest absolute Gasteiger partial charge is 0.255 e. The number of carbonyl (C=O) groups is 2. The van der Waals surface area contributed by atoms with E-state index in [1.807, 2.05) is 122 Å². The van der Waals surface area contributed by atoms with Gasteiger partial charge in [0.15, 0.2) is 12.4 Å². The molecule has 5 aromatic carbocycles. The molecule has 0 radical (unpaired) electrons. The lowest BCUT2D eigenvalue weighted by atomic mass is 10.1. The van der Waals surface area contributed by atoms with Crippen LogP contribution in [0.4, 0.5) is 11.4 Å². The molecule has 14 heteroatoms. The number of pyridine rings is 2. The summed E-state index contributed by atoms with van der Waals surface area (Å²) in [6.07, 6.45) is 4.95. The molecule has 7 aromatic rings. The van der Waals surface area contributed by atoms with Crippen molar-refractivity contribution in [1.82, 2.24) is 0 Å². The van der Waals surface area contributed by atoms with Gasteiger partial charge in [0.2, 0.25) is 16.9 Å². The molecule has 0 unspecified atom stereocenters. The summed E-state index contributed by atoms with van der Waals surface area (Å²) >= 11 is 0. The van der Waals surface area contributed by atoms with Crippen LogP contribution in [0, 0.1) is 13.8 Å². The van der Waals surface area contributed by atoms with Gasteiger partial charge in [-0.1, -0.05) is 47.5 Å². The van der Waals surface area contributed by atoms with Crippen LogP contribution in [0.3, 0.4) is 0 Å². The molecule has 0 saturated heterocycles. The molecule has 0 aliphatic rings. The summed E-state index contributed by atoms with van der Waals surface area (Å²) in [5.41, 5.74) is 7.18. The molecule has 58 heavy (non-hydrogen) atoms. The summed E-state index contributed by atoms with van der Waals surface area (Å²) in [7, 11) is -4.54. The van der Waals surface area contributed by atoms with Crippen molar-refractivity contribution in [3.63, 3.8) is 0 Å². The third-order valence-electron chi connectivity index (χ3n) is 9.00. The lowest BCUT2D eigenvalue weighted by Gasteiger charge is -2.08. The average molecular weight is 819 g/mol. The van der Waals surface area contributed by atoms with Gasteiger partial charge in [0.1, 0.15) is 34.3 Å². The SMILES string of the molecule is C[n+]1cccc2cc(NC(=O)CCc3ccc(C(=O)Nc4ccc5c(ccc[n+]5C)c4)cc3)ccc21.Cc1ccc(S(=O)(=O)[O-])cc1.Cc1ccc(S(=O)(=O)[O-])cc1. The van der Waals surface area contributed by atoms with E-state index in [9.17, 15) is 35.5 Å². The summed E-state index contributed by atoms with van der Waals surface area (Å²) in [4.78, 5) is 24.9. The van der Waals surface area contributed by atoms with Crippen LogP contribution < -0.4 is 19.8 Å². The van der Waals surface area contributed by atoms with Gasteiger partial charge in [-0.05, 0) is 98.6 Å². The summed E-state index contributed by atoms with van der Waals surface area (Å²) < 4.78 is 66.4. The van der Waals surface area contributed by atoms with E-state index in [1.165, 1.54) is 24.3 Å². The molecule has 0 spiro atoms. The Hall–Kier alpha value is -6.32. The minimum Gasteiger partial charge on any atom is -0.744 e. The topological polar surface area (TPSA) is 180 Å². The van der Waals surface area contributed by atoms with Gasteiger partial charge in [0.05, 0.1) is 9.79 Å². The normalized spacial score (nSPS) is 11.1. The molecule has 298 valence electrons. The average Bonchev–Trinajstić information content (AvgIpc) is 3.17. The highest BCUT2D eigenvalue weighted by Crippen LogP contribution is 2.19. The fraction of sp³-hybridized carbons (Fsp3) is 0.136. The third kappa shape index (κ3) is 12.1. The van der Waals surface area contributed by atoms with Crippen LogP contribution in [0.5, 0.6) is 0 Å². The van der Waals surface area contributed by atoms with Crippen molar-refractivity contribution in [2.45, 2.75) is 36.5 Å². The number of nitrogens with zero attached hydrogens (tertiary/aromatic N) is 2. The molecule has 2 N–H and O–H groups in total. The molecule has 0 saturated carbocycles. The Morgan fingerprint density at radius 2 is 1.00 bits per heavy atom. The van der Waals surface area contributed by atoms with E-state index in [4.69, 9.17) is 0 Å². The second kappa shape index (κ2) is 18.7. The molecule has 0 fully saturated rings. The molecule has 0 aliphatic heterocycles. The molecule has 0 aliphatic carbocycles.